The molecule has 1 aliphatic heterocycles. The fourth-order valence-electron chi connectivity index (χ4n) is 2.80. The Kier molecular flexibility index (Phi) is 5.00. The molecular weight excluding hydrogens is 282 g/mol. The number of rotatable bonds is 3. The van der Waals surface area contributed by atoms with Gasteiger partial charge in [0.05, 0.1) is 4.92 Å². The highest BCUT2D eigenvalue weighted by molar-refractivity contribution is 5.78. The number of carbonyl (C=O) groups excluding carboxylic acids is 1. The molecule has 1 aromatic rings. The second-order valence-electron chi connectivity index (χ2n) is 6.05. The standard InChI is InChI=1S/C16H23N3O3/c1-12(2)16(20)18-8-4-7-17(9-10-18)14-5-6-15(19(21)22)13(3)11-14/h5-6,11-12H,4,7-10H2,1-3H3. The maximum Gasteiger partial charge on any atom is 0.272 e. The van der Waals surface area contributed by atoms with Gasteiger partial charge in [0.1, 0.15) is 0 Å². The molecule has 0 aliphatic carbocycles. The van der Waals surface area contributed by atoms with Crippen molar-refractivity contribution in [3.8, 4) is 0 Å². The van der Waals surface area contributed by atoms with Crippen LogP contribution in [0.15, 0.2) is 18.2 Å². The Bertz CT molecular complexity index is 572. The van der Waals surface area contributed by atoms with Gasteiger partial charge < -0.3 is 9.80 Å². The zero-order valence-corrected chi connectivity index (χ0v) is 13.4. The van der Waals surface area contributed by atoms with Crippen LogP contribution in [0.1, 0.15) is 25.8 Å². The van der Waals surface area contributed by atoms with Gasteiger partial charge in [-0.25, -0.2) is 0 Å². The quantitative estimate of drug-likeness (QED) is 0.636. The van der Waals surface area contributed by atoms with Crippen LogP contribution in [-0.2, 0) is 4.79 Å². The van der Waals surface area contributed by atoms with Crippen molar-refractivity contribution >= 4 is 17.3 Å². The van der Waals surface area contributed by atoms with Crippen LogP contribution in [0.25, 0.3) is 0 Å². The molecule has 0 bridgehead atoms. The van der Waals surface area contributed by atoms with Crippen molar-refractivity contribution in [2.24, 2.45) is 5.92 Å². The van der Waals surface area contributed by atoms with Crippen molar-refractivity contribution in [3.63, 3.8) is 0 Å². The SMILES string of the molecule is Cc1cc(N2CCCN(C(=O)C(C)C)CC2)ccc1[N+](=O)[O-]. The van der Waals surface area contributed by atoms with E-state index in [9.17, 15) is 14.9 Å². The van der Waals surface area contributed by atoms with Crippen LogP contribution < -0.4 is 4.90 Å². The molecule has 0 N–H and O–H groups in total. The zero-order valence-electron chi connectivity index (χ0n) is 13.4. The summed E-state index contributed by atoms with van der Waals surface area (Å²) in [6.07, 6.45) is 0.911. The van der Waals surface area contributed by atoms with Crippen LogP contribution in [0.2, 0.25) is 0 Å². The number of amides is 1. The van der Waals surface area contributed by atoms with E-state index in [-0.39, 0.29) is 22.4 Å². The number of aryl methyl sites for hydroxylation is 1. The van der Waals surface area contributed by atoms with Gasteiger partial charge in [0, 0.05) is 49.4 Å². The lowest BCUT2D eigenvalue weighted by molar-refractivity contribution is -0.385. The van der Waals surface area contributed by atoms with E-state index in [4.69, 9.17) is 0 Å². The largest absolute Gasteiger partial charge is 0.370 e. The lowest BCUT2D eigenvalue weighted by Gasteiger charge is -2.24. The second kappa shape index (κ2) is 6.77. The number of nitro benzene ring substituents is 1. The van der Waals surface area contributed by atoms with E-state index in [0.717, 1.165) is 31.7 Å². The van der Waals surface area contributed by atoms with Gasteiger partial charge in [-0.15, -0.1) is 0 Å². The van der Waals surface area contributed by atoms with E-state index in [2.05, 4.69) is 4.90 Å². The molecule has 1 aliphatic rings. The summed E-state index contributed by atoms with van der Waals surface area (Å²) in [5.41, 5.74) is 1.80. The average molecular weight is 305 g/mol. The first-order chi connectivity index (χ1) is 10.4. The van der Waals surface area contributed by atoms with Gasteiger partial charge in [0.15, 0.2) is 0 Å². The summed E-state index contributed by atoms with van der Waals surface area (Å²) in [7, 11) is 0. The molecule has 1 fully saturated rings. The van der Waals surface area contributed by atoms with Gasteiger partial charge in [0.25, 0.3) is 5.69 Å². The van der Waals surface area contributed by atoms with Crippen molar-refractivity contribution < 1.29 is 9.72 Å². The number of benzene rings is 1. The number of anilines is 1. The Morgan fingerprint density at radius 2 is 1.95 bits per heavy atom. The maximum atomic E-state index is 12.1. The molecule has 0 radical (unpaired) electrons. The fraction of sp³-hybridized carbons (Fsp3) is 0.562. The van der Waals surface area contributed by atoms with Crippen LogP contribution in [0.4, 0.5) is 11.4 Å². The van der Waals surface area contributed by atoms with Crippen LogP contribution >= 0.6 is 0 Å². The Morgan fingerprint density at radius 1 is 1.23 bits per heavy atom. The third-order valence-corrected chi connectivity index (χ3v) is 4.04. The predicted octanol–water partition coefficient (Wildman–Crippen LogP) is 2.60. The third kappa shape index (κ3) is 3.55. The molecule has 6 heteroatoms. The number of hydrogen-bond donors (Lipinski definition) is 0. The fourth-order valence-corrected chi connectivity index (χ4v) is 2.80. The Hall–Kier alpha value is -2.11. The molecule has 0 spiro atoms. The lowest BCUT2D eigenvalue weighted by Crippen LogP contribution is -2.37. The maximum absolute atomic E-state index is 12.1. The first-order valence-electron chi connectivity index (χ1n) is 7.69. The number of hydrogen-bond acceptors (Lipinski definition) is 4. The zero-order chi connectivity index (χ0) is 16.3. The van der Waals surface area contributed by atoms with Gasteiger partial charge >= 0.3 is 0 Å². The van der Waals surface area contributed by atoms with E-state index in [1.807, 2.05) is 24.8 Å². The Balaban J connectivity index is 2.10. The first-order valence-corrected chi connectivity index (χ1v) is 7.69. The van der Waals surface area contributed by atoms with E-state index in [1.54, 1.807) is 19.1 Å². The molecule has 0 aromatic heterocycles. The van der Waals surface area contributed by atoms with Gasteiger partial charge in [-0.2, -0.15) is 0 Å². The normalized spacial score (nSPS) is 15.8. The second-order valence-corrected chi connectivity index (χ2v) is 6.05. The van der Waals surface area contributed by atoms with Crippen molar-refractivity contribution in [3.05, 3.63) is 33.9 Å². The Labute approximate surface area is 130 Å². The summed E-state index contributed by atoms with van der Waals surface area (Å²) >= 11 is 0. The van der Waals surface area contributed by atoms with Crippen molar-refractivity contribution in [1.82, 2.24) is 4.90 Å². The average Bonchev–Trinajstić information content (AvgIpc) is 2.71. The van der Waals surface area contributed by atoms with E-state index >= 15 is 0 Å². The van der Waals surface area contributed by atoms with Crippen molar-refractivity contribution in [2.75, 3.05) is 31.1 Å². The van der Waals surface area contributed by atoms with Gasteiger partial charge in [0.2, 0.25) is 5.91 Å². The summed E-state index contributed by atoms with van der Waals surface area (Å²) in [6.45, 7) is 8.70. The van der Waals surface area contributed by atoms with Crippen LogP contribution in [0, 0.1) is 23.0 Å². The minimum absolute atomic E-state index is 0.0215. The molecule has 120 valence electrons. The third-order valence-electron chi connectivity index (χ3n) is 4.04. The van der Waals surface area contributed by atoms with E-state index in [1.165, 1.54) is 0 Å². The highest BCUT2D eigenvalue weighted by atomic mass is 16.6. The molecule has 2 rings (SSSR count). The van der Waals surface area contributed by atoms with E-state index < -0.39 is 0 Å². The van der Waals surface area contributed by atoms with E-state index in [0.29, 0.717) is 12.1 Å². The van der Waals surface area contributed by atoms with Gasteiger partial charge in [-0.3, -0.25) is 14.9 Å². The molecule has 0 unspecified atom stereocenters. The molecule has 6 nitrogen and oxygen atoms in total. The molecule has 22 heavy (non-hydrogen) atoms. The number of nitro groups is 1. The summed E-state index contributed by atoms with van der Waals surface area (Å²) < 4.78 is 0. The van der Waals surface area contributed by atoms with Crippen molar-refractivity contribution in [2.45, 2.75) is 27.2 Å². The Morgan fingerprint density at radius 3 is 2.55 bits per heavy atom. The first kappa shape index (κ1) is 16.3. The number of carbonyl (C=O) groups is 1. The molecule has 0 atom stereocenters. The highest BCUT2D eigenvalue weighted by Gasteiger charge is 2.22. The molecule has 1 amide bonds. The summed E-state index contributed by atoms with van der Waals surface area (Å²) in [6, 6.07) is 5.22. The molecule has 1 heterocycles. The molecule has 0 saturated carbocycles. The minimum Gasteiger partial charge on any atom is -0.370 e. The van der Waals surface area contributed by atoms with Crippen LogP contribution in [0.5, 0.6) is 0 Å². The summed E-state index contributed by atoms with van der Waals surface area (Å²) in [4.78, 5) is 26.8. The molecule has 1 aromatic carbocycles. The topological polar surface area (TPSA) is 66.7 Å². The smallest absolute Gasteiger partial charge is 0.272 e. The summed E-state index contributed by atoms with van der Waals surface area (Å²) in [5.74, 6) is 0.217. The molecule has 1 saturated heterocycles. The number of nitrogens with zero attached hydrogens (tertiary/aromatic N) is 3. The van der Waals surface area contributed by atoms with Crippen molar-refractivity contribution in [1.29, 1.82) is 0 Å². The van der Waals surface area contributed by atoms with Crippen LogP contribution in [-0.4, -0.2) is 41.9 Å². The minimum atomic E-state index is -0.357. The van der Waals surface area contributed by atoms with Gasteiger partial charge in [-0.1, -0.05) is 13.8 Å². The lowest BCUT2D eigenvalue weighted by atomic mass is 10.1. The molecular formula is C16H23N3O3. The monoisotopic (exact) mass is 305 g/mol. The summed E-state index contributed by atoms with van der Waals surface area (Å²) in [5, 5.41) is 10.9. The van der Waals surface area contributed by atoms with Gasteiger partial charge in [-0.05, 0) is 25.5 Å². The predicted molar refractivity (Wildman–Crippen MR) is 86.1 cm³/mol. The van der Waals surface area contributed by atoms with Crippen LogP contribution in [0.3, 0.4) is 0 Å². The highest BCUT2D eigenvalue weighted by Crippen LogP contribution is 2.25.